The van der Waals surface area contributed by atoms with E-state index in [1.807, 2.05) is 6.07 Å². The maximum absolute atomic E-state index is 12.2. The summed E-state index contributed by atoms with van der Waals surface area (Å²) in [6, 6.07) is 8.88. The molecule has 25 heavy (non-hydrogen) atoms. The lowest BCUT2D eigenvalue weighted by Crippen LogP contribution is -2.31. The summed E-state index contributed by atoms with van der Waals surface area (Å²) in [6.45, 7) is 0.125. The van der Waals surface area contributed by atoms with E-state index in [1.54, 1.807) is 19.9 Å². The fourth-order valence-electron chi connectivity index (χ4n) is 2.32. The molecule has 0 saturated carbocycles. The Balaban J connectivity index is 2.13. The van der Waals surface area contributed by atoms with E-state index in [2.05, 4.69) is 10.1 Å². The number of rotatable bonds is 5. The van der Waals surface area contributed by atoms with Gasteiger partial charge in [0.1, 0.15) is 23.9 Å². The number of carbonyl (C=O) groups excluding carboxylic acids is 1. The van der Waals surface area contributed by atoms with E-state index in [0.717, 1.165) is 0 Å². The Morgan fingerprint density at radius 3 is 2.52 bits per heavy atom. The van der Waals surface area contributed by atoms with Crippen LogP contribution in [-0.2, 0) is 11.3 Å². The molecule has 0 fully saturated rings. The van der Waals surface area contributed by atoms with Gasteiger partial charge in [-0.3, -0.25) is 9.59 Å². The minimum Gasteiger partial charge on any atom is -0.435 e. The lowest BCUT2D eigenvalue weighted by molar-refractivity contribution is -0.116. The van der Waals surface area contributed by atoms with Gasteiger partial charge in [-0.1, -0.05) is 0 Å². The number of aryl methyl sites for hydroxylation is 2. The van der Waals surface area contributed by atoms with Crippen molar-refractivity contribution in [2.45, 2.75) is 27.0 Å². The third kappa shape index (κ3) is 4.41. The number of nitrogens with one attached hydrogen (secondary N) is 1. The normalized spacial score (nSPS) is 10.4. The maximum Gasteiger partial charge on any atom is 0.387 e. The van der Waals surface area contributed by atoms with Gasteiger partial charge in [0.15, 0.2) is 0 Å². The van der Waals surface area contributed by atoms with Crippen molar-refractivity contribution in [1.29, 1.82) is 5.26 Å². The molecular weight excluding hydrogens is 332 g/mol. The SMILES string of the molecule is Cc1cc(C)n(CC(=O)Nc2ccc(OC(F)F)cc2)c(=O)c1C#N. The Kier molecular flexibility index (Phi) is 5.49. The summed E-state index contributed by atoms with van der Waals surface area (Å²) < 4.78 is 29.6. The van der Waals surface area contributed by atoms with Crippen molar-refractivity contribution in [2.75, 3.05) is 5.32 Å². The van der Waals surface area contributed by atoms with Crippen molar-refractivity contribution in [1.82, 2.24) is 4.57 Å². The summed E-state index contributed by atoms with van der Waals surface area (Å²) in [5, 5.41) is 11.6. The first-order valence-corrected chi connectivity index (χ1v) is 7.27. The number of hydrogen-bond donors (Lipinski definition) is 1. The van der Waals surface area contributed by atoms with Crippen LogP contribution in [0.25, 0.3) is 0 Å². The molecule has 1 aromatic carbocycles. The number of aromatic nitrogens is 1. The van der Waals surface area contributed by atoms with E-state index in [-0.39, 0.29) is 17.9 Å². The van der Waals surface area contributed by atoms with Gasteiger partial charge in [0.05, 0.1) is 0 Å². The number of nitriles is 1. The molecule has 6 nitrogen and oxygen atoms in total. The molecule has 1 aromatic heterocycles. The van der Waals surface area contributed by atoms with E-state index < -0.39 is 18.1 Å². The predicted molar refractivity (Wildman–Crippen MR) is 86.6 cm³/mol. The van der Waals surface area contributed by atoms with Crippen molar-refractivity contribution >= 4 is 11.6 Å². The Hall–Kier alpha value is -3.21. The molecule has 1 amide bonds. The van der Waals surface area contributed by atoms with Gasteiger partial charge in [-0.05, 0) is 49.7 Å². The van der Waals surface area contributed by atoms with Gasteiger partial charge in [-0.15, -0.1) is 0 Å². The van der Waals surface area contributed by atoms with Crippen LogP contribution in [0.3, 0.4) is 0 Å². The zero-order valence-electron chi connectivity index (χ0n) is 13.5. The largest absolute Gasteiger partial charge is 0.435 e. The molecule has 0 bridgehead atoms. The van der Waals surface area contributed by atoms with Gasteiger partial charge < -0.3 is 14.6 Å². The minimum absolute atomic E-state index is 0.00750. The first-order valence-electron chi connectivity index (χ1n) is 7.27. The van der Waals surface area contributed by atoms with Crippen molar-refractivity contribution in [2.24, 2.45) is 0 Å². The second-order valence-corrected chi connectivity index (χ2v) is 5.30. The number of pyridine rings is 1. The van der Waals surface area contributed by atoms with Gasteiger partial charge in [0.2, 0.25) is 5.91 Å². The van der Waals surface area contributed by atoms with Crippen molar-refractivity contribution in [3.05, 3.63) is 57.5 Å². The van der Waals surface area contributed by atoms with Crippen LogP contribution in [0.15, 0.2) is 35.1 Å². The molecule has 130 valence electrons. The topological polar surface area (TPSA) is 84.1 Å². The number of halogens is 2. The number of carbonyl (C=O) groups is 1. The Bertz CT molecular complexity index is 884. The molecular formula is C17H15F2N3O3. The molecule has 0 atom stereocenters. The Morgan fingerprint density at radius 1 is 1.32 bits per heavy atom. The van der Waals surface area contributed by atoms with Crippen LogP contribution in [0.5, 0.6) is 5.75 Å². The maximum atomic E-state index is 12.2. The quantitative estimate of drug-likeness (QED) is 0.901. The smallest absolute Gasteiger partial charge is 0.387 e. The van der Waals surface area contributed by atoms with E-state index in [1.165, 1.54) is 28.8 Å². The molecule has 2 aromatic rings. The van der Waals surface area contributed by atoms with Crippen LogP contribution in [0, 0.1) is 25.2 Å². The molecule has 1 heterocycles. The van der Waals surface area contributed by atoms with Crippen LogP contribution in [0.4, 0.5) is 14.5 Å². The molecule has 0 spiro atoms. The molecule has 0 saturated heterocycles. The number of ether oxygens (including phenoxy) is 1. The predicted octanol–water partition coefficient (Wildman–Crippen LogP) is 2.58. The second kappa shape index (κ2) is 7.57. The summed E-state index contributed by atoms with van der Waals surface area (Å²) in [5.74, 6) is -0.516. The highest BCUT2D eigenvalue weighted by molar-refractivity contribution is 5.90. The minimum atomic E-state index is -2.92. The summed E-state index contributed by atoms with van der Waals surface area (Å²) in [7, 11) is 0. The highest BCUT2D eigenvalue weighted by Crippen LogP contribution is 2.17. The molecule has 8 heteroatoms. The molecule has 2 rings (SSSR count). The van der Waals surface area contributed by atoms with Crippen LogP contribution >= 0.6 is 0 Å². The molecule has 0 aliphatic rings. The summed E-state index contributed by atoms with van der Waals surface area (Å²) >= 11 is 0. The lowest BCUT2D eigenvalue weighted by atomic mass is 10.1. The molecule has 1 N–H and O–H groups in total. The molecule has 0 radical (unpaired) electrons. The van der Waals surface area contributed by atoms with Crippen LogP contribution in [0.1, 0.15) is 16.8 Å². The van der Waals surface area contributed by atoms with Crippen molar-refractivity contribution in [3.63, 3.8) is 0 Å². The highest BCUT2D eigenvalue weighted by Gasteiger charge is 2.13. The van der Waals surface area contributed by atoms with Crippen LogP contribution < -0.4 is 15.6 Å². The zero-order valence-corrected chi connectivity index (χ0v) is 13.5. The first kappa shape index (κ1) is 18.1. The van der Waals surface area contributed by atoms with Crippen LogP contribution in [0.2, 0.25) is 0 Å². The fourth-order valence-corrected chi connectivity index (χ4v) is 2.32. The molecule has 0 aliphatic heterocycles. The average molecular weight is 347 g/mol. The summed E-state index contributed by atoms with van der Waals surface area (Å²) in [4.78, 5) is 24.4. The second-order valence-electron chi connectivity index (χ2n) is 5.30. The van der Waals surface area contributed by atoms with Crippen molar-refractivity contribution < 1.29 is 18.3 Å². The van der Waals surface area contributed by atoms with Gasteiger partial charge in [0.25, 0.3) is 5.56 Å². The molecule has 0 aliphatic carbocycles. The van der Waals surface area contributed by atoms with Crippen molar-refractivity contribution in [3.8, 4) is 11.8 Å². The Morgan fingerprint density at radius 2 is 1.96 bits per heavy atom. The van der Waals surface area contributed by atoms with Crippen LogP contribution in [-0.4, -0.2) is 17.1 Å². The average Bonchev–Trinajstić information content (AvgIpc) is 2.53. The van der Waals surface area contributed by atoms with Gasteiger partial charge >= 0.3 is 6.61 Å². The number of anilines is 1. The number of alkyl halides is 2. The van der Waals surface area contributed by atoms with Gasteiger partial charge in [-0.25, -0.2) is 0 Å². The standard InChI is InChI=1S/C17H15F2N3O3/c1-10-7-11(2)22(16(24)14(10)8-20)9-15(23)21-12-3-5-13(6-4-12)25-17(18)19/h3-7,17H,9H2,1-2H3,(H,21,23). The zero-order chi connectivity index (χ0) is 18.6. The fraction of sp³-hybridized carbons (Fsp3) is 0.235. The summed E-state index contributed by atoms with van der Waals surface area (Å²) in [6.07, 6.45) is 0. The number of amides is 1. The number of hydrogen-bond acceptors (Lipinski definition) is 4. The summed E-state index contributed by atoms with van der Waals surface area (Å²) in [5.41, 5.74) is 0.932. The van der Waals surface area contributed by atoms with E-state index in [9.17, 15) is 18.4 Å². The van der Waals surface area contributed by atoms with Gasteiger partial charge in [0, 0.05) is 11.4 Å². The third-order valence-corrected chi connectivity index (χ3v) is 3.48. The van der Waals surface area contributed by atoms with E-state index in [4.69, 9.17) is 5.26 Å². The molecule has 0 unspecified atom stereocenters. The van der Waals surface area contributed by atoms with Gasteiger partial charge in [-0.2, -0.15) is 14.0 Å². The third-order valence-electron chi connectivity index (χ3n) is 3.48. The number of nitrogens with zero attached hydrogens (tertiary/aromatic N) is 2. The van der Waals surface area contributed by atoms with E-state index in [0.29, 0.717) is 16.9 Å². The highest BCUT2D eigenvalue weighted by atomic mass is 19.3. The first-order chi connectivity index (χ1) is 11.8. The Labute approximate surface area is 142 Å². The monoisotopic (exact) mass is 347 g/mol. The number of benzene rings is 1. The lowest BCUT2D eigenvalue weighted by Gasteiger charge is -2.12. The van der Waals surface area contributed by atoms with E-state index >= 15 is 0 Å².